The number of likely N-dealkylation sites (tertiary alicyclic amines) is 1. The minimum Gasteiger partial charge on any atom is -0.481 e. The van der Waals surface area contributed by atoms with Crippen molar-refractivity contribution in [3.05, 3.63) is 35.4 Å². The predicted octanol–water partition coefficient (Wildman–Crippen LogP) is 3.54. The highest BCUT2D eigenvalue weighted by Crippen LogP contribution is 2.30. The van der Waals surface area contributed by atoms with Gasteiger partial charge in [0.1, 0.15) is 0 Å². The first-order valence-electron chi connectivity index (χ1n) is 7.89. The lowest BCUT2D eigenvalue weighted by molar-refractivity contribution is -0.146. The summed E-state index contributed by atoms with van der Waals surface area (Å²) >= 11 is 0. The monoisotopic (exact) mass is 289 g/mol. The molecule has 0 radical (unpaired) electrons. The molecule has 21 heavy (non-hydrogen) atoms. The fourth-order valence-corrected chi connectivity index (χ4v) is 3.12. The third-order valence-corrected chi connectivity index (χ3v) is 4.60. The lowest BCUT2D eigenvalue weighted by Gasteiger charge is -2.21. The van der Waals surface area contributed by atoms with Gasteiger partial charge in [-0.05, 0) is 76.7 Å². The number of hydrogen-bond donors (Lipinski definition) is 1. The first-order valence-corrected chi connectivity index (χ1v) is 7.89. The molecule has 1 aliphatic heterocycles. The Balaban J connectivity index is 2.12. The van der Waals surface area contributed by atoms with Crippen molar-refractivity contribution in [1.29, 1.82) is 0 Å². The van der Waals surface area contributed by atoms with Crippen molar-refractivity contribution in [3.8, 4) is 0 Å². The van der Waals surface area contributed by atoms with Gasteiger partial charge in [-0.25, -0.2) is 0 Å². The summed E-state index contributed by atoms with van der Waals surface area (Å²) in [6, 6.07) is 8.56. The Bertz CT molecular complexity index is 496. The fraction of sp³-hybridized carbons (Fsp3) is 0.611. The van der Waals surface area contributed by atoms with Crippen molar-refractivity contribution in [3.63, 3.8) is 0 Å². The normalized spacial score (nSPS) is 21.0. The summed E-state index contributed by atoms with van der Waals surface area (Å²) in [5.74, 6) is -0.119. The van der Waals surface area contributed by atoms with Crippen LogP contribution in [0.15, 0.2) is 24.3 Å². The Morgan fingerprint density at radius 1 is 1.33 bits per heavy atom. The average molecular weight is 289 g/mol. The number of rotatable bonds is 4. The largest absolute Gasteiger partial charge is 0.481 e. The smallest absolute Gasteiger partial charge is 0.309 e. The van der Waals surface area contributed by atoms with Crippen molar-refractivity contribution in [1.82, 2.24) is 4.90 Å². The molecule has 1 aromatic carbocycles. The van der Waals surface area contributed by atoms with Crippen LogP contribution in [-0.4, -0.2) is 36.1 Å². The maximum atomic E-state index is 11.3. The number of carboxylic acids is 1. The molecule has 3 nitrogen and oxygen atoms in total. The van der Waals surface area contributed by atoms with Gasteiger partial charge in [-0.2, -0.15) is 0 Å². The molecule has 0 bridgehead atoms. The molecule has 1 N–H and O–H groups in total. The predicted molar refractivity (Wildman–Crippen MR) is 85.7 cm³/mol. The Labute approximate surface area is 128 Å². The molecule has 0 saturated carbocycles. The van der Waals surface area contributed by atoms with E-state index in [1.165, 1.54) is 31.4 Å². The third-order valence-electron chi connectivity index (χ3n) is 4.60. The van der Waals surface area contributed by atoms with E-state index in [4.69, 9.17) is 0 Å². The van der Waals surface area contributed by atoms with E-state index in [9.17, 15) is 9.90 Å². The first-order chi connectivity index (χ1) is 9.88. The standard InChI is InChI=1S/C18H27NO2/c1-18(2,17(20)21)13-14-6-4-7-16(12-14)15-8-5-10-19(3)11-9-15/h4,6-7,12,15H,5,8-11,13H2,1-3H3,(H,20,21). The molecule has 0 amide bonds. The number of aliphatic carboxylic acids is 1. The summed E-state index contributed by atoms with van der Waals surface area (Å²) in [6.07, 6.45) is 4.26. The van der Waals surface area contributed by atoms with Crippen molar-refractivity contribution in [2.75, 3.05) is 20.1 Å². The Morgan fingerprint density at radius 2 is 2.10 bits per heavy atom. The van der Waals surface area contributed by atoms with E-state index in [-0.39, 0.29) is 0 Å². The number of hydrogen-bond acceptors (Lipinski definition) is 2. The maximum absolute atomic E-state index is 11.3. The van der Waals surface area contributed by atoms with Crippen LogP contribution in [0.5, 0.6) is 0 Å². The molecule has 2 rings (SSSR count). The molecule has 1 heterocycles. The van der Waals surface area contributed by atoms with Crippen LogP contribution in [0.1, 0.15) is 50.2 Å². The van der Waals surface area contributed by atoms with E-state index in [1.54, 1.807) is 13.8 Å². The van der Waals surface area contributed by atoms with Gasteiger partial charge < -0.3 is 10.0 Å². The number of nitrogens with zero attached hydrogens (tertiary/aromatic N) is 1. The molecule has 116 valence electrons. The first kappa shape index (κ1) is 16.0. The maximum Gasteiger partial charge on any atom is 0.309 e. The summed E-state index contributed by atoms with van der Waals surface area (Å²) in [5, 5.41) is 9.28. The molecule has 1 fully saturated rings. The van der Waals surface area contributed by atoms with Gasteiger partial charge in [0.15, 0.2) is 0 Å². The van der Waals surface area contributed by atoms with Crippen LogP contribution in [0.2, 0.25) is 0 Å². The minimum atomic E-state index is -0.732. The summed E-state index contributed by atoms with van der Waals surface area (Å²) in [6.45, 7) is 5.92. The zero-order valence-electron chi connectivity index (χ0n) is 13.4. The molecule has 1 unspecified atom stereocenters. The van der Waals surface area contributed by atoms with Crippen LogP contribution in [-0.2, 0) is 11.2 Å². The summed E-state index contributed by atoms with van der Waals surface area (Å²) in [5.41, 5.74) is 1.81. The van der Waals surface area contributed by atoms with Crippen LogP contribution in [0.3, 0.4) is 0 Å². The van der Waals surface area contributed by atoms with Crippen LogP contribution in [0.4, 0.5) is 0 Å². The zero-order chi connectivity index (χ0) is 15.5. The Kier molecular flexibility index (Phi) is 5.04. The molecular weight excluding hydrogens is 262 g/mol. The highest BCUT2D eigenvalue weighted by Gasteiger charge is 2.27. The molecule has 1 saturated heterocycles. The molecule has 0 aromatic heterocycles. The van der Waals surface area contributed by atoms with E-state index in [2.05, 4.69) is 36.2 Å². The summed E-state index contributed by atoms with van der Waals surface area (Å²) < 4.78 is 0. The third kappa shape index (κ3) is 4.31. The van der Waals surface area contributed by atoms with Crippen LogP contribution >= 0.6 is 0 Å². The zero-order valence-corrected chi connectivity index (χ0v) is 13.4. The van der Waals surface area contributed by atoms with Gasteiger partial charge >= 0.3 is 5.97 Å². The molecule has 1 aliphatic rings. The van der Waals surface area contributed by atoms with Gasteiger partial charge in [0.25, 0.3) is 0 Å². The highest BCUT2D eigenvalue weighted by atomic mass is 16.4. The van der Waals surface area contributed by atoms with E-state index in [0.717, 1.165) is 12.1 Å². The van der Waals surface area contributed by atoms with E-state index >= 15 is 0 Å². The fourth-order valence-electron chi connectivity index (χ4n) is 3.12. The van der Waals surface area contributed by atoms with Crippen LogP contribution < -0.4 is 0 Å². The molecule has 1 atom stereocenters. The minimum absolute atomic E-state index is 0.586. The quantitative estimate of drug-likeness (QED) is 0.921. The second kappa shape index (κ2) is 6.61. The Morgan fingerprint density at radius 3 is 2.81 bits per heavy atom. The van der Waals surface area contributed by atoms with E-state index < -0.39 is 11.4 Å². The SMILES string of the molecule is CN1CCCC(c2cccc(CC(C)(C)C(=O)O)c2)CC1. The van der Waals surface area contributed by atoms with Gasteiger partial charge in [0, 0.05) is 0 Å². The molecule has 1 aromatic rings. The van der Waals surface area contributed by atoms with Gasteiger partial charge in [0.05, 0.1) is 5.41 Å². The van der Waals surface area contributed by atoms with Crippen LogP contribution in [0, 0.1) is 5.41 Å². The molecular formula is C18H27NO2. The second-order valence-electron chi connectivity index (χ2n) is 7.04. The number of carbonyl (C=O) groups is 1. The van der Waals surface area contributed by atoms with Crippen molar-refractivity contribution in [2.24, 2.45) is 5.41 Å². The lowest BCUT2D eigenvalue weighted by Crippen LogP contribution is -2.26. The number of carboxylic acid groups (broad SMARTS) is 1. The van der Waals surface area contributed by atoms with Gasteiger partial charge in [-0.3, -0.25) is 4.79 Å². The van der Waals surface area contributed by atoms with E-state index in [0.29, 0.717) is 12.3 Å². The van der Waals surface area contributed by atoms with Gasteiger partial charge in [-0.15, -0.1) is 0 Å². The van der Waals surface area contributed by atoms with Crippen molar-refractivity contribution < 1.29 is 9.90 Å². The highest BCUT2D eigenvalue weighted by molar-refractivity contribution is 5.74. The Hall–Kier alpha value is -1.35. The summed E-state index contributed by atoms with van der Waals surface area (Å²) in [7, 11) is 2.19. The molecule has 0 spiro atoms. The summed E-state index contributed by atoms with van der Waals surface area (Å²) in [4.78, 5) is 13.7. The number of benzene rings is 1. The molecule has 3 heteroatoms. The lowest BCUT2D eigenvalue weighted by atomic mass is 9.84. The van der Waals surface area contributed by atoms with Gasteiger partial charge in [-0.1, -0.05) is 24.3 Å². The van der Waals surface area contributed by atoms with Crippen molar-refractivity contribution in [2.45, 2.75) is 45.4 Å². The van der Waals surface area contributed by atoms with E-state index in [1.807, 2.05) is 0 Å². The molecule has 0 aliphatic carbocycles. The van der Waals surface area contributed by atoms with Gasteiger partial charge in [0.2, 0.25) is 0 Å². The van der Waals surface area contributed by atoms with Crippen LogP contribution in [0.25, 0.3) is 0 Å². The topological polar surface area (TPSA) is 40.5 Å². The average Bonchev–Trinajstić information content (AvgIpc) is 2.63. The van der Waals surface area contributed by atoms with Crippen molar-refractivity contribution >= 4 is 5.97 Å². The second-order valence-corrected chi connectivity index (χ2v) is 7.04.